The zero-order chi connectivity index (χ0) is 35.1. The minimum absolute atomic E-state index is 0.0613. The Bertz CT molecular complexity index is 2080. The molecule has 0 radical (unpaired) electrons. The largest absolute Gasteiger partial charge is 0.321 e. The number of aromatic nitrogens is 2. The molecule has 5 aromatic rings. The van der Waals surface area contributed by atoms with Crippen LogP contribution >= 0.6 is 23.4 Å². The maximum absolute atomic E-state index is 14.7. The van der Waals surface area contributed by atoms with Crippen molar-refractivity contribution in [2.75, 3.05) is 10.6 Å². The van der Waals surface area contributed by atoms with E-state index < -0.39 is 22.9 Å². The monoisotopic (exact) mass is 697 g/mol. The van der Waals surface area contributed by atoms with E-state index >= 15 is 0 Å². The zero-order valence-corrected chi connectivity index (χ0v) is 28.4. The third-order valence-corrected chi connectivity index (χ3v) is 9.34. The van der Waals surface area contributed by atoms with Crippen LogP contribution in [0.25, 0.3) is 11.8 Å². The molecule has 1 atom stereocenters. The lowest BCUT2D eigenvalue weighted by atomic mass is 10.1. The Labute approximate surface area is 291 Å². The van der Waals surface area contributed by atoms with Gasteiger partial charge in [0.25, 0.3) is 17.4 Å². The number of rotatable bonds is 11. The number of benzene rings is 4. The standard InChI is InChI=1S/C37H33ClFN5O4S/c1-4-32(36(47)42-33-23(2)43(3)44(37(33)48)26-16-9-6-10-17-26)49-27-18-11-15-25(21-27)40-35(46)31(22-28-29(38)19-12-20-30(28)39)41-34(45)24-13-7-5-8-14-24/h5-22,32H,4H2,1-3H3,(H,40,46)(H,41,45)(H,42,47)/b31-22+. The molecule has 3 N–H and O–H groups in total. The van der Waals surface area contributed by atoms with Crippen molar-refractivity contribution in [3.8, 4) is 5.69 Å². The number of carbonyl (C=O) groups is 3. The van der Waals surface area contributed by atoms with Crippen LogP contribution in [0.4, 0.5) is 15.8 Å². The van der Waals surface area contributed by atoms with Gasteiger partial charge in [0.15, 0.2) is 0 Å². The Kier molecular flexibility index (Phi) is 11.2. The maximum atomic E-state index is 14.7. The Morgan fingerprint density at radius 1 is 0.918 bits per heavy atom. The highest BCUT2D eigenvalue weighted by Crippen LogP contribution is 2.29. The van der Waals surface area contributed by atoms with Crippen LogP contribution in [0.15, 0.2) is 119 Å². The number of amides is 3. The summed E-state index contributed by atoms with van der Waals surface area (Å²) in [6.45, 7) is 3.63. The van der Waals surface area contributed by atoms with E-state index in [0.717, 1.165) is 0 Å². The van der Waals surface area contributed by atoms with Crippen LogP contribution in [0.1, 0.15) is 35.0 Å². The molecule has 0 saturated heterocycles. The fourth-order valence-electron chi connectivity index (χ4n) is 4.98. The first-order valence-corrected chi connectivity index (χ1v) is 16.6. The quantitative estimate of drug-likeness (QED) is 0.0999. The third-order valence-electron chi connectivity index (χ3n) is 7.65. The summed E-state index contributed by atoms with van der Waals surface area (Å²) in [4.78, 5) is 54.0. The van der Waals surface area contributed by atoms with Crippen molar-refractivity contribution in [1.82, 2.24) is 14.7 Å². The molecule has 0 fully saturated rings. The lowest BCUT2D eigenvalue weighted by molar-refractivity contribution is -0.116. The summed E-state index contributed by atoms with van der Waals surface area (Å²) in [5.74, 6) is -2.30. The number of hydrogen-bond donors (Lipinski definition) is 3. The number of hydrogen-bond acceptors (Lipinski definition) is 5. The summed E-state index contributed by atoms with van der Waals surface area (Å²) in [6, 6.07) is 28.4. The van der Waals surface area contributed by atoms with Gasteiger partial charge >= 0.3 is 0 Å². The van der Waals surface area contributed by atoms with E-state index in [1.807, 2.05) is 37.3 Å². The van der Waals surface area contributed by atoms with E-state index in [1.165, 1.54) is 40.7 Å². The van der Waals surface area contributed by atoms with Crippen molar-refractivity contribution in [2.24, 2.45) is 7.05 Å². The lowest BCUT2D eigenvalue weighted by Gasteiger charge is -2.16. The van der Waals surface area contributed by atoms with E-state index in [9.17, 15) is 23.6 Å². The fourth-order valence-corrected chi connectivity index (χ4v) is 6.21. The highest BCUT2D eigenvalue weighted by molar-refractivity contribution is 8.00. The second-order valence-corrected chi connectivity index (χ2v) is 12.6. The molecule has 0 bridgehead atoms. The third kappa shape index (κ3) is 8.19. The molecule has 0 aliphatic heterocycles. The van der Waals surface area contributed by atoms with Crippen LogP contribution in [-0.2, 0) is 16.6 Å². The van der Waals surface area contributed by atoms with Crippen LogP contribution in [0.5, 0.6) is 0 Å². The Hall–Kier alpha value is -5.39. The minimum atomic E-state index is -0.718. The summed E-state index contributed by atoms with van der Waals surface area (Å²) in [5.41, 5.74) is 1.51. The number of para-hydroxylation sites is 1. The van der Waals surface area contributed by atoms with Gasteiger partial charge in [-0.15, -0.1) is 11.8 Å². The molecule has 12 heteroatoms. The van der Waals surface area contributed by atoms with E-state index in [2.05, 4.69) is 16.0 Å². The summed E-state index contributed by atoms with van der Waals surface area (Å²) in [5, 5.41) is 7.65. The van der Waals surface area contributed by atoms with Gasteiger partial charge in [-0.2, -0.15) is 0 Å². The van der Waals surface area contributed by atoms with E-state index in [-0.39, 0.29) is 33.4 Å². The van der Waals surface area contributed by atoms with E-state index in [1.54, 1.807) is 73.3 Å². The van der Waals surface area contributed by atoms with E-state index in [0.29, 0.717) is 33.9 Å². The van der Waals surface area contributed by atoms with Crippen LogP contribution in [0, 0.1) is 12.7 Å². The van der Waals surface area contributed by atoms with Gasteiger partial charge in [0.2, 0.25) is 5.91 Å². The first kappa shape index (κ1) is 34.9. The normalized spacial score (nSPS) is 11.9. The van der Waals surface area contributed by atoms with Crippen LogP contribution < -0.4 is 21.5 Å². The smallest absolute Gasteiger partial charge is 0.295 e. The number of carbonyl (C=O) groups excluding carboxylic acids is 3. The molecule has 9 nitrogen and oxygen atoms in total. The number of anilines is 2. The second-order valence-electron chi connectivity index (χ2n) is 10.9. The van der Waals surface area contributed by atoms with Crippen molar-refractivity contribution in [3.05, 3.63) is 147 Å². The highest BCUT2D eigenvalue weighted by Gasteiger charge is 2.24. The summed E-state index contributed by atoms with van der Waals surface area (Å²) in [6.07, 6.45) is 1.63. The summed E-state index contributed by atoms with van der Waals surface area (Å²) >= 11 is 7.49. The average Bonchev–Trinajstić information content (AvgIpc) is 3.31. The second kappa shape index (κ2) is 15.7. The molecule has 5 rings (SSSR count). The topological polar surface area (TPSA) is 114 Å². The van der Waals surface area contributed by atoms with Crippen LogP contribution in [0.3, 0.4) is 0 Å². The molecule has 4 aromatic carbocycles. The highest BCUT2D eigenvalue weighted by atomic mass is 35.5. The minimum Gasteiger partial charge on any atom is -0.321 e. The molecule has 0 spiro atoms. The van der Waals surface area contributed by atoms with Crippen molar-refractivity contribution in [1.29, 1.82) is 0 Å². The molecule has 1 unspecified atom stereocenters. The molecular formula is C37H33ClFN5O4S. The Balaban J connectivity index is 1.34. The van der Waals surface area contributed by atoms with Crippen molar-refractivity contribution < 1.29 is 18.8 Å². The summed E-state index contributed by atoms with van der Waals surface area (Å²) in [7, 11) is 1.75. The fraction of sp³-hybridized carbons (Fsp3) is 0.135. The molecule has 0 aliphatic rings. The molecule has 3 amide bonds. The van der Waals surface area contributed by atoms with Crippen LogP contribution in [-0.4, -0.2) is 32.3 Å². The Morgan fingerprint density at radius 3 is 2.27 bits per heavy atom. The van der Waals surface area contributed by atoms with Crippen LogP contribution in [0.2, 0.25) is 5.02 Å². The zero-order valence-electron chi connectivity index (χ0n) is 26.9. The van der Waals surface area contributed by atoms with Gasteiger partial charge in [0.1, 0.15) is 17.2 Å². The van der Waals surface area contributed by atoms with Crippen molar-refractivity contribution >= 4 is 58.5 Å². The molecule has 250 valence electrons. The number of halogens is 2. The predicted octanol–water partition coefficient (Wildman–Crippen LogP) is 7.20. The maximum Gasteiger partial charge on any atom is 0.295 e. The first-order valence-electron chi connectivity index (χ1n) is 15.3. The molecule has 1 heterocycles. The van der Waals surface area contributed by atoms with Crippen molar-refractivity contribution in [3.63, 3.8) is 0 Å². The van der Waals surface area contributed by atoms with Gasteiger partial charge in [0.05, 0.1) is 21.7 Å². The SMILES string of the molecule is CCC(Sc1cccc(NC(=O)/C(=C\c2c(F)cccc2Cl)NC(=O)c2ccccc2)c1)C(=O)Nc1c(C)n(C)n(-c2ccccc2)c1=O. The van der Waals surface area contributed by atoms with Gasteiger partial charge in [0, 0.05) is 28.8 Å². The van der Waals surface area contributed by atoms with Gasteiger partial charge in [-0.25, -0.2) is 9.07 Å². The molecular weight excluding hydrogens is 665 g/mol. The number of nitrogens with one attached hydrogen (secondary N) is 3. The molecule has 0 aliphatic carbocycles. The van der Waals surface area contributed by atoms with Gasteiger partial charge in [-0.05, 0) is 74.0 Å². The number of nitrogens with zero attached hydrogens (tertiary/aromatic N) is 2. The Morgan fingerprint density at radius 2 is 1.59 bits per heavy atom. The van der Waals surface area contributed by atoms with E-state index in [4.69, 9.17) is 11.6 Å². The van der Waals surface area contributed by atoms with Crippen molar-refractivity contribution in [2.45, 2.75) is 30.4 Å². The summed E-state index contributed by atoms with van der Waals surface area (Å²) < 4.78 is 17.9. The lowest BCUT2D eigenvalue weighted by Crippen LogP contribution is -2.30. The number of thioether (sulfide) groups is 1. The molecule has 1 aromatic heterocycles. The molecule has 49 heavy (non-hydrogen) atoms. The van der Waals surface area contributed by atoms with Gasteiger partial charge in [-0.3, -0.25) is 23.9 Å². The van der Waals surface area contributed by atoms with Gasteiger partial charge < -0.3 is 16.0 Å². The molecule has 0 saturated carbocycles. The average molecular weight is 698 g/mol. The van der Waals surface area contributed by atoms with Gasteiger partial charge in [-0.1, -0.05) is 67.1 Å². The predicted molar refractivity (Wildman–Crippen MR) is 193 cm³/mol. The first-order chi connectivity index (χ1) is 23.6.